The van der Waals surface area contributed by atoms with Crippen LogP contribution in [0.4, 0.5) is 0 Å². The Hall–Kier alpha value is -2.15. The molecule has 0 saturated carbocycles. The minimum atomic E-state index is -0.480. The van der Waals surface area contributed by atoms with Gasteiger partial charge in [-0.1, -0.05) is 54.6 Å². The summed E-state index contributed by atoms with van der Waals surface area (Å²) in [7, 11) is 0. The maximum atomic E-state index is 10.2. The first-order valence-electron chi connectivity index (χ1n) is 6.76. The van der Waals surface area contributed by atoms with E-state index in [0.29, 0.717) is 6.42 Å². The van der Waals surface area contributed by atoms with E-state index >= 15 is 0 Å². The van der Waals surface area contributed by atoms with Crippen LogP contribution >= 0.6 is 0 Å². The summed E-state index contributed by atoms with van der Waals surface area (Å²) in [6.07, 6.45) is 0.160. The monoisotopic (exact) mass is 264 g/mol. The maximum Gasteiger partial charge on any atom is 0.121 e. The van der Waals surface area contributed by atoms with Crippen molar-refractivity contribution in [2.75, 3.05) is 0 Å². The molecule has 0 bridgehead atoms. The molecule has 0 aromatic heterocycles. The smallest absolute Gasteiger partial charge is 0.121 e. The number of nitrogens with zero attached hydrogens (tertiary/aromatic N) is 1. The summed E-state index contributed by atoms with van der Waals surface area (Å²) >= 11 is 0. The van der Waals surface area contributed by atoms with E-state index in [-0.39, 0.29) is 6.04 Å². The highest BCUT2D eigenvalue weighted by Crippen LogP contribution is 2.33. The zero-order valence-corrected chi connectivity index (χ0v) is 11.0. The number of benzene rings is 2. The zero-order valence-electron chi connectivity index (χ0n) is 11.0. The van der Waals surface area contributed by atoms with Crippen LogP contribution in [-0.4, -0.2) is 11.2 Å². The molecule has 0 spiro atoms. The van der Waals surface area contributed by atoms with E-state index < -0.39 is 12.1 Å². The van der Waals surface area contributed by atoms with Crippen molar-refractivity contribution < 1.29 is 5.11 Å². The number of hydrogen-bond acceptors (Lipinski definition) is 3. The van der Waals surface area contributed by atoms with Gasteiger partial charge in [-0.2, -0.15) is 5.26 Å². The van der Waals surface area contributed by atoms with Crippen molar-refractivity contribution in [3.8, 4) is 6.07 Å². The quantitative estimate of drug-likeness (QED) is 0.895. The van der Waals surface area contributed by atoms with E-state index in [1.165, 1.54) is 0 Å². The molecule has 0 heterocycles. The summed E-state index contributed by atoms with van der Waals surface area (Å²) < 4.78 is 0. The molecule has 3 rings (SSSR count). The minimum absolute atomic E-state index is 0.184. The lowest BCUT2D eigenvalue weighted by molar-refractivity contribution is 0.138. The molecule has 0 amide bonds. The fourth-order valence-electron chi connectivity index (χ4n) is 2.81. The molecule has 3 heteroatoms. The van der Waals surface area contributed by atoms with Gasteiger partial charge in [-0.3, -0.25) is 5.32 Å². The van der Waals surface area contributed by atoms with Gasteiger partial charge in [0.25, 0.3) is 0 Å². The van der Waals surface area contributed by atoms with Crippen LogP contribution in [0.15, 0.2) is 54.6 Å². The summed E-state index contributed by atoms with van der Waals surface area (Å²) in [6, 6.07) is 19.3. The number of rotatable bonds is 3. The molecule has 1 unspecified atom stereocenters. The van der Waals surface area contributed by atoms with Gasteiger partial charge in [0.05, 0.1) is 18.2 Å². The average Bonchev–Trinajstić information content (AvgIpc) is 2.81. The fourth-order valence-corrected chi connectivity index (χ4v) is 2.81. The number of aliphatic hydroxyl groups excluding tert-OH is 1. The van der Waals surface area contributed by atoms with Gasteiger partial charge in [0.1, 0.15) is 6.04 Å². The number of aliphatic hydroxyl groups is 1. The van der Waals surface area contributed by atoms with Crippen LogP contribution in [0.5, 0.6) is 0 Å². The number of nitriles is 1. The van der Waals surface area contributed by atoms with Gasteiger partial charge in [-0.25, -0.2) is 0 Å². The van der Waals surface area contributed by atoms with E-state index in [1.807, 2.05) is 54.6 Å². The molecule has 1 aliphatic carbocycles. The Kier molecular flexibility index (Phi) is 3.51. The Morgan fingerprint density at radius 2 is 1.80 bits per heavy atom. The van der Waals surface area contributed by atoms with Crippen LogP contribution in [0.3, 0.4) is 0 Å². The number of hydrogen-bond donors (Lipinski definition) is 2. The first-order chi connectivity index (χ1) is 9.79. The average molecular weight is 264 g/mol. The number of fused-ring (bicyclic) bond motifs is 1. The molecule has 0 aliphatic heterocycles. The van der Waals surface area contributed by atoms with E-state index in [1.54, 1.807) is 0 Å². The first kappa shape index (κ1) is 12.9. The molecule has 0 fully saturated rings. The second-order valence-electron chi connectivity index (χ2n) is 5.09. The Bertz CT molecular complexity index is 633. The minimum Gasteiger partial charge on any atom is -0.391 e. The lowest BCUT2D eigenvalue weighted by Crippen LogP contribution is -2.31. The van der Waals surface area contributed by atoms with Crippen molar-refractivity contribution in [1.29, 1.82) is 5.26 Å². The van der Waals surface area contributed by atoms with E-state index in [9.17, 15) is 10.4 Å². The Morgan fingerprint density at radius 1 is 1.10 bits per heavy atom. The number of nitrogens with one attached hydrogen (secondary N) is 1. The van der Waals surface area contributed by atoms with Crippen LogP contribution in [0, 0.1) is 11.3 Å². The normalized spacial score (nSPS) is 22.0. The second kappa shape index (κ2) is 5.46. The van der Waals surface area contributed by atoms with Gasteiger partial charge in [0.15, 0.2) is 0 Å². The van der Waals surface area contributed by atoms with Gasteiger partial charge >= 0.3 is 0 Å². The van der Waals surface area contributed by atoms with E-state index in [2.05, 4.69) is 11.4 Å². The highest BCUT2D eigenvalue weighted by molar-refractivity contribution is 5.37. The molecular weight excluding hydrogens is 248 g/mol. The highest BCUT2D eigenvalue weighted by atomic mass is 16.3. The Balaban J connectivity index is 1.86. The molecule has 2 aromatic carbocycles. The molecule has 2 N–H and O–H groups in total. The largest absolute Gasteiger partial charge is 0.391 e. The molecule has 2 aromatic rings. The summed E-state index contributed by atoms with van der Waals surface area (Å²) in [5.41, 5.74) is 3.17. The van der Waals surface area contributed by atoms with Crippen LogP contribution < -0.4 is 5.32 Å². The van der Waals surface area contributed by atoms with Crippen LogP contribution in [0.2, 0.25) is 0 Å². The Morgan fingerprint density at radius 3 is 2.55 bits per heavy atom. The summed E-state index contributed by atoms with van der Waals surface area (Å²) in [5.74, 6) is 0. The maximum absolute atomic E-state index is 10.2. The van der Waals surface area contributed by atoms with E-state index in [0.717, 1.165) is 16.7 Å². The van der Waals surface area contributed by atoms with Gasteiger partial charge in [-0.15, -0.1) is 0 Å². The van der Waals surface area contributed by atoms with Crippen molar-refractivity contribution in [2.45, 2.75) is 24.6 Å². The first-order valence-corrected chi connectivity index (χ1v) is 6.76. The lowest BCUT2D eigenvalue weighted by atomic mass is 10.0. The van der Waals surface area contributed by atoms with Crippen molar-refractivity contribution in [2.24, 2.45) is 0 Å². The van der Waals surface area contributed by atoms with Gasteiger partial charge < -0.3 is 5.11 Å². The van der Waals surface area contributed by atoms with Crippen LogP contribution in [0.25, 0.3) is 0 Å². The van der Waals surface area contributed by atoms with Crippen molar-refractivity contribution in [3.63, 3.8) is 0 Å². The molecule has 1 aliphatic rings. The zero-order chi connectivity index (χ0) is 13.9. The molecule has 0 radical (unpaired) electrons. The molecule has 0 saturated heterocycles. The van der Waals surface area contributed by atoms with Crippen molar-refractivity contribution >= 4 is 0 Å². The van der Waals surface area contributed by atoms with Gasteiger partial charge in [0, 0.05) is 6.42 Å². The van der Waals surface area contributed by atoms with Crippen LogP contribution in [-0.2, 0) is 6.42 Å². The lowest BCUT2D eigenvalue weighted by Gasteiger charge is -2.21. The standard InChI is InChI=1S/C17H16N2O/c18-11-15(12-6-2-1-3-7-12)19-17-14-9-5-4-8-13(14)10-16(17)20/h1-9,15-17,19-20H,10H2/t15?,16-,17+/m1/s1. The third-order valence-electron chi connectivity index (χ3n) is 3.81. The van der Waals surface area contributed by atoms with Crippen LogP contribution in [0.1, 0.15) is 28.8 Å². The topological polar surface area (TPSA) is 56.0 Å². The highest BCUT2D eigenvalue weighted by Gasteiger charge is 2.32. The summed E-state index contributed by atoms with van der Waals surface area (Å²) in [4.78, 5) is 0. The van der Waals surface area contributed by atoms with Gasteiger partial charge in [0.2, 0.25) is 0 Å². The summed E-state index contributed by atoms with van der Waals surface area (Å²) in [6.45, 7) is 0. The second-order valence-corrected chi connectivity index (χ2v) is 5.09. The van der Waals surface area contributed by atoms with E-state index in [4.69, 9.17) is 0 Å². The Labute approximate surface area is 118 Å². The molecular formula is C17H16N2O. The van der Waals surface area contributed by atoms with Gasteiger partial charge in [-0.05, 0) is 16.7 Å². The van der Waals surface area contributed by atoms with Crippen molar-refractivity contribution in [3.05, 3.63) is 71.3 Å². The summed E-state index contributed by atoms with van der Waals surface area (Å²) in [5, 5.41) is 22.9. The molecule has 3 atom stereocenters. The molecule has 3 nitrogen and oxygen atoms in total. The molecule has 20 heavy (non-hydrogen) atoms. The molecule has 100 valence electrons. The third-order valence-corrected chi connectivity index (χ3v) is 3.81. The predicted octanol–water partition coefficient (Wildman–Crippen LogP) is 2.50. The SMILES string of the molecule is N#CC(N[C@H]1c2ccccc2C[C@H]1O)c1ccccc1. The third kappa shape index (κ3) is 2.32. The van der Waals surface area contributed by atoms with Crippen molar-refractivity contribution in [1.82, 2.24) is 5.32 Å². The predicted molar refractivity (Wildman–Crippen MR) is 76.8 cm³/mol. The fraction of sp³-hybridized carbons (Fsp3) is 0.235.